The van der Waals surface area contributed by atoms with E-state index in [1.165, 1.54) is 29.2 Å². The first-order chi connectivity index (χ1) is 40.0. The standard InChI is InChI=1S/C63H74F2N10O8/c1-38-32-73(49(31-67-38)34-72-24-27-83-36-39(72)2)35-55(76)75-37-63(4,51-20-12-42(29-54(51)75)28-41-10-14-46(64)15-11-41)62(81)69-48-18-16-47(17-19-48)68-59(78)44-13-21-52(65)53(30-44)70-60(79)57-50-9-7-6-8-45(50)33-74(57)61(80)56(43-22-25-82-26-23-43)71-58(77)40(3)66-5/h6-21,29-30,38-40,43,49,56-57,66-67H,22-28,31-37H2,1-5H3,(H,68,78)(H,69,81)(H,70,79)(H,71,77)/t38-,39-,40+,49-,56+,57+,63?/m1/s1. The second kappa shape index (κ2) is 25.6. The highest BCUT2D eigenvalue weighted by molar-refractivity contribution is 6.08. The van der Waals surface area contributed by atoms with Crippen LogP contribution in [0.5, 0.6) is 0 Å². The fourth-order valence-electron chi connectivity index (χ4n) is 12.1. The lowest BCUT2D eigenvalue weighted by Crippen LogP contribution is -2.62. The molecule has 5 heterocycles. The van der Waals surface area contributed by atoms with Crippen LogP contribution in [0.25, 0.3) is 0 Å². The van der Waals surface area contributed by atoms with Crippen LogP contribution < -0.4 is 36.8 Å². The van der Waals surface area contributed by atoms with Crippen molar-refractivity contribution in [2.24, 2.45) is 5.92 Å². The molecule has 83 heavy (non-hydrogen) atoms. The maximum atomic E-state index is 15.7. The zero-order valence-electron chi connectivity index (χ0n) is 47.6. The second-order valence-electron chi connectivity index (χ2n) is 23.0. The Balaban J connectivity index is 0.822. The molecule has 10 rings (SSSR count). The summed E-state index contributed by atoms with van der Waals surface area (Å²) in [4.78, 5) is 93.3. The number of halogens is 2. The van der Waals surface area contributed by atoms with Crippen LogP contribution in [-0.4, -0.2) is 153 Å². The van der Waals surface area contributed by atoms with Gasteiger partial charge in [0, 0.05) is 93.2 Å². The van der Waals surface area contributed by atoms with Gasteiger partial charge in [0.2, 0.25) is 23.6 Å². The van der Waals surface area contributed by atoms with Gasteiger partial charge in [-0.2, -0.15) is 0 Å². The summed E-state index contributed by atoms with van der Waals surface area (Å²) >= 11 is 0. The van der Waals surface area contributed by atoms with E-state index >= 15 is 4.39 Å². The highest BCUT2D eigenvalue weighted by atomic mass is 19.1. The minimum atomic E-state index is -1.18. The number of carbonyl (C=O) groups excluding carboxylic acids is 6. The van der Waals surface area contributed by atoms with Gasteiger partial charge in [0.05, 0.1) is 36.9 Å². The van der Waals surface area contributed by atoms with E-state index < -0.39 is 47.1 Å². The molecule has 0 aromatic heterocycles. The third kappa shape index (κ3) is 13.2. The molecule has 5 aromatic rings. The highest BCUT2D eigenvalue weighted by Crippen LogP contribution is 2.43. The molecule has 0 bridgehead atoms. The van der Waals surface area contributed by atoms with Crippen molar-refractivity contribution >= 4 is 58.2 Å². The number of rotatable bonds is 17. The third-order valence-electron chi connectivity index (χ3n) is 17.1. The maximum absolute atomic E-state index is 15.7. The lowest BCUT2D eigenvalue weighted by molar-refractivity contribution is -0.144. The smallest absolute Gasteiger partial charge is 0.255 e. The minimum absolute atomic E-state index is 0.0289. The monoisotopic (exact) mass is 1140 g/mol. The maximum Gasteiger partial charge on any atom is 0.255 e. The predicted octanol–water partition coefficient (Wildman–Crippen LogP) is 5.98. The first-order valence-electron chi connectivity index (χ1n) is 28.7. The fraction of sp³-hybridized carbons (Fsp3) is 0.429. The zero-order chi connectivity index (χ0) is 58.5. The number of anilines is 4. The van der Waals surface area contributed by atoms with Crippen molar-refractivity contribution in [3.8, 4) is 0 Å². The van der Waals surface area contributed by atoms with Crippen LogP contribution in [0.2, 0.25) is 0 Å². The molecular weight excluding hydrogens is 1060 g/mol. The number of piperazine rings is 1. The zero-order valence-corrected chi connectivity index (χ0v) is 47.6. The number of ether oxygens (including phenoxy) is 2. The van der Waals surface area contributed by atoms with Crippen molar-refractivity contribution < 1.29 is 47.0 Å². The number of morpholine rings is 1. The van der Waals surface area contributed by atoms with E-state index in [9.17, 15) is 33.2 Å². The molecular formula is C63H74F2N10O8. The van der Waals surface area contributed by atoms with Crippen LogP contribution in [0.3, 0.4) is 0 Å². The molecule has 20 heteroatoms. The Morgan fingerprint density at radius 1 is 0.807 bits per heavy atom. The summed E-state index contributed by atoms with van der Waals surface area (Å²) in [5.41, 5.74) is 3.80. The molecule has 5 aliphatic heterocycles. The Morgan fingerprint density at radius 2 is 1.53 bits per heavy atom. The van der Waals surface area contributed by atoms with Crippen LogP contribution in [-0.2, 0) is 51.8 Å². The Labute approximate surface area is 483 Å². The largest absolute Gasteiger partial charge is 0.381 e. The topological polar surface area (TPSA) is 206 Å². The average molecular weight is 1140 g/mol. The van der Waals surface area contributed by atoms with Crippen molar-refractivity contribution in [2.45, 2.75) is 95.2 Å². The van der Waals surface area contributed by atoms with Crippen LogP contribution in [0, 0.1) is 17.6 Å². The molecule has 0 radical (unpaired) electrons. The molecule has 6 amide bonds. The molecule has 0 spiro atoms. The number of likely N-dealkylation sites (N-methyl/N-ethyl adjacent to an activating group) is 1. The number of fused-ring (bicyclic) bond motifs is 2. The molecule has 1 unspecified atom stereocenters. The van der Waals surface area contributed by atoms with Gasteiger partial charge in [0.25, 0.3) is 11.8 Å². The van der Waals surface area contributed by atoms with Gasteiger partial charge in [0.15, 0.2) is 0 Å². The van der Waals surface area contributed by atoms with Gasteiger partial charge in [-0.3, -0.25) is 38.6 Å². The molecule has 3 fully saturated rings. The van der Waals surface area contributed by atoms with E-state index in [4.69, 9.17) is 9.47 Å². The normalized spacial score (nSPS) is 22.7. The number of benzene rings is 5. The number of carbonyl (C=O) groups is 6. The molecule has 438 valence electrons. The second-order valence-corrected chi connectivity index (χ2v) is 23.0. The van der Waals surface area contributed by atoms with Crippen LogP contribution in [0.15, 0.2) is 109 Å². The van der Waals surface area contributed by atoms with E-state index in [0.29, 0.717) is 80.4 Å². The molecule has 18 nitrogen and oxygen atoms in total. The van der Waals surface area contributed by atoms with Gasteiger partial charge in [-0.15, -0.1) is 0 Å². The quantitative estimate of drug-likeness (QED) is 0.0637. The average Bonchev–Trinajstić information content (AvgIpc) is 2.81. The van der Waals surface area contributed by atoms with Crippen LogP contribution >= 0.6 is 0 Å². The summed E-state index contributed by atoms with van der Waals surface area (Å²) in [5.74, 6) is -3.97. The summed E-state index contributed by atoms with van der Waals surface area (Å²) in [6.45, 7) is 13.3. The molecule has 6 N–H and O–H groups in total. The Kier molecular flexibility index (Phi) is 18.1. The number of hydrogen-bond acceptors (Lipinski definition) is 12. The SMILES string of the molecule is CN[C@@H](C)C(=O)N[C@H](C(=O)N1Cc2ccccc2[C@H]1C(=O)Nc1cc(C(=O)Nc2ccc(NC(=O)C3(C)CN(C(=O)CN4C[C@@H](C)NC[C@@H]4CN4CCOC[C@H]4C)c4cc(Cc5ccc(F)cc5)ccc43)cc2)ccc1F)C1CCOCC1. The van der Waals surface area contributed by atoms with Crippen molar-refractivity contribution in [1.29, 1.82) is 0 Å². The van der Waals surface area contributed by atoms with E-state index in [1.54, 1.807) is 73.5 Å². The van der Waals surface area contributed by atoms with Gasteiger partial charge in [-0.1, -0.05) is 48.5 Å². The van der Waals surface area contributed by atoms with E-state index in [0.717, 1.165) is 42.4 Å². The number of nitrogens with zero attached hydrogens (tertiary/aromatic N) is 4. The highest BCUT2D eigenvalue weighted by Gasteiger charge is 2.48. The number of hydrogen-bond donors (Lipinski definition) is 6. The van der Waals surface area contributed by atoms with Gasteiger partial charge in [0.1, 0.15) is 23.7 Å². The van der Waals surface area contributed by atoms with Crippen molar-refractivity contribution in [1.82, 2.24) is 30.7 Å². The summed E-state index contributed by atoms with van der Waals surface area (Å²) in [5, 5.41) is 18.0. The Bertz CT molecular complexity index is 3220. The molecule has 3 saturated heterocycles. The minimum Gasteiger partial charge on any atom is -0.381 e. The van der Waals surface area contributed by atoms with Crippen molar-refractivity contribution in [3.63, 3.8) is 0 Å². The lowest BCUT2D eigenvalue weighted by atomic mass is 9.83. The third-order valence-corrected chi connectivity index (χ3v) is 17.1. The van der Waals surface area contributed by atoms with E-state index in [-0.39, 0.29) is 78.5 Å². The Hall–Kier alpha value is -7.46. The van der Waals surface area contributed by atoms with Gasteiger partial charge in [-0.05, 0) is 148 Å². The fourth-order valence-corrected chi connectivity index (χ4v) is 12.1. The van der Waals surface area contributed by atoms with E-state index in [2.05, 4.69) is 55.5 Å². The van der Waals surface area contributed by atoms with Crippen LogP contribution in [0.1, 0.15) is 84.8 Å². The summed E-state index contributed by atoms with van der Waals surface area (Å²) in [6, 6.07) is 27.2. The molecule has 5 aliphatic rings. The number of amides is 6. The summed E-state index contributed by atoms with van der Waals surface area (Å²) in [6.07, 6.45) is 1.55. The lowest BCUT2D eigenvalue weighted by Gasteiger charge is -2.43. The first kappa shape index (κ1) is 58.7. The molecule has 0 aliphatic carbocycles. The van der Waals surface area contributed by atoms with Crippen molar-refractivity contribution in [3.05, 3.63) is 154 Å². The summed E-state index contributed by atoms with van der Waals surface area (Å²) < 4.78 is 40.8. The molecule has 0 saturated carbocycles. The predicted molar refractivity (Wildman–Crippen MR) is 312 cm³/mol. The van der Waals surface area contributed by atoms with Gasteiger partial charge in [-0.25, -0.2) is 8.78 Å². The molecule has 7 atom stereocenters. The Morgan fingerprint density at radius 3 is 2.27 bits per heavy atom. The van der Waals surface area contributed by atoms with Crippen molar-refractivity contribution in [2.75, 3.05) is 93.6 Å². The molecule has 5 aromatic carbocycles. The first-order valence-corrected chi connectivity index (χ1v) is 28.7. The number of nitrogens with one attached hydrogen (secondary N) is 6. The van der Waals surface area contributed by atoms with Gasteiger partial charge < -0.3 is 51.2 Å². The van der Waals surface area contributed by atoms with Gasteiger partial charge >= 0.3 is 0 Å². The van der Waals surface area contributed by atoms with Crippen LogP contribution in [0.4, 0.5) is 31.5 Å². The van der Waals surface area contributed by atoms with E-state index in [1.807, 2.05) is 31.2 Å². The summed E-state index contributed by atoms with van der Waals surface area (Å²) in [7, 11) is 1.65.